The normalized spacial score (nSPS) is 16.6. The van der Waals surface area contributed by atoms with E-state index in [4.69, 9.17) is 12.2 Å². The second-order valence-electron chi connectivity index (χ2n) is 4.55. The maximum absolute atomic E-state index is 12.9. The molecule has 0 N–H and O–H groups in total. The Bertz CT molecular complexity index is 789. The minimum absolute atomic E-state index is 0.169. The van der Waals surface area contributed by atoms with E-state index in [1.807, 2.05) is 24.3 Å². The topological polar surface area (TPSA) is 20.3 Å². The van der Waals surface area contributed by atoms with Gasteiger partial charge in [0, 0.05) is 4.47 Å². The average Bonchev–Trinajstić information content (AvgIpc) is 2.76. The zero-order chi connectivity index (χ0) is 15.7. The molecule has 2 aromatic carbocycles. The first-order chi connectivity index (χ1) is 10.5. The fraction of sp³-hybridized carbons (Fsp3) is 0. The molecule has 1 saturated heterocycles. The maximum atomic E-state index is 12.9. The second-order valence-corrected chi connectivity index (χ2v) is 7.14. The molecule has 0 spiro atoms. The Labute approximate surface area is 145 Å². The van der Waals surface area contributed by atoms with Crippen LogP contribution in [0.25, 0.3) is 6.08 Å². The molecule has 1 aliphatic heterocycles. The predicted molar refractivity (Wildman–Crippen MR) is 96.2 cm³/mol. The van der Waals surface area contributed by atoms with E-state index < -0.39 is 0 Å². The third-order valence-corrected chi connectivity index (χ3v) is 4.82. The molecule has 1 amide bonds. The summed E-state index contributed by atoms with van der Waals surface area (Å²) in [6.45, 7) is 0. The van der Waals surface area contributed by atoms with Crippen molar-refractivity contribution in [1.82, 2.24) is 0 Å². The number of amides is 1. The highest BCUT2D eigenvalue weighted by Gasteiger charge is 2.33. The third-order valence-electron chi connectivity index (χ3n) is 3.03. The molecule has 3 rings (SSSR count). The van der Waals surface area contributed by atoms with Gasteiger partial charge in [-0.25, -0.2) is 4.39 Å². The van der Waals surface area contributed by atoms with Crippen LogP contribution in [0.2, 0.25) is 0 Å². The van der Waals surface area contributed by atoms with Gasteiger partial charge in [0.25, 0.3) is 5.91 Å². The number of rotatable bonds is 2. The van der Waals surface area contributed by atoms with Gasteiger partial charge < -0.3 is 0 Å². The summed E-state index contributed by atoms with van der Waals surface area (Å²) < 4.78 is 14.3. The van der Waals surface area contributed by atoms with Gasteiger partial charge in [0.2, 0.25) is 0 Å². The standard InChI is InChI=1S/C16H9BrFNOS2/c17-11-2-1-3-13(9-11)19-15(20)14(22-16(19)21)8-10-4-6-12(18)7-5-10/h1-9H/b14-8+. The molecule has 0 atom stereocenters. The monoisotopic (exact) mass is 393 g/mol. The maximum Gasteiger partial charge on any atom is 0.270 e. The number of thioether (sulfide) groups is 1. The van der Waals surface area contributed by atoms with Gasteiger partial charge in [-0.05, 0) is 42.0 Å². The van der Waals surface area contributed by atoms with Crippen LogP contribution < -0.4 is 4.90 Å². The SMILES string of the molecule is O=C1/C(=C\c2ccc(F)cc2)SC(=S)N1c1cccc(Br)c1. The molecule has 110 valence electrons. The zero-order valence-electron chi connectivity index (χ0n) is 11.1. The molecule has 1 aliphatic rings. The number of anilines is 1. The van der Waals surface area contributed by atoms with Crippen molar-refractivity contribution in [1.29, 1.82) is 0 Å². The molecule has 22 heavy (non-hydrogen) atoms. The molecule has 0 aliphatic carbocycles. The highest BCUT2D eigenvalue weighted by Crippen LogP contribution is 2.36. The van der Waals surface area contributed by atoms with Crippen molar-refractivity contribution in [2.45, 2.75) is 0 Å². The number of hydrogen-bond donors (Lipinski definition) is 0. The Balaban J connectivity index is 1.93. The van der Waals surface area contributed by atoms with Gasteiger partial charge in [-0.3, -0.25) is 9.69 Å². The summed E-state index contributed by atoms with van der Waals surface area (Å²) >= 11 is 9.94. The number of carbonyl (C=O) groups is 1. The summed E-state index contributed by atoms with van der Waals surface area (Å²) in [6.07, 6.45) is 1.72. The molecule has 2 aromatic rings. The van der Waals surface area contributed by atoms with E-state index in [2.05, 4.69) is 15.9 Å². The molecule has 2 nitrogen and oxygen atoms in total. The van der Waals surface area contributed by atoms with Crippen molar-refractivity contribution in [2.75, 3.05) is 4.90 Å². The minimum Gasteiger partial charge on any atom is -0.268 e. The van der Waals surface area contributed by atoms with Crippen LogP contribution in [-0.2, 0) is 4.79 Å². The molecule has 0 bridgehead atoms. The van der Waals surface area contributed by atoms with Crippen molar-refractivity contribution >= 4 is 61.9 Å². The third kappa shape index (κ3) is 3.14. The fourth-order valence-corrected chi connectivity index (χ4v) is 3.70. The van der Waals surface area contributed by atoms with Crippen molar-refractivity contribution in [3.63, 3.8) is 0 Å². The van der Waals surface area contributed by atoms with Gasteiger partial charge in [0.1, 0.15) is 5.82 Å². The Morgan fingerprint density at radius 2 is 1.91 bits per heavy atom. The highest BCUT2D eigenvalue weighted by molar-refractivity contribution is 9.10. The van der Waals surface area contributed by atoms with Crippen LogP contribution in [0.5, 0.6) is 0 Å². The van der Waals surface area contributed by atoms with E-state index in [0.29, 0.717) is 9.23 Å². The van der Waals surface area contributed by atoms with Crippen LogP contribution in [0.15, 0.2) is 57.9 Å². The first-order valence-corrected chi connectivity index (χ1v) is 8.35. The van der Waals surface area contributed by atoms with Gasteiger partial charge in [-0.1, -0.05) is 58.1 Å². The lowest BCUT2D eigenvalue weighted by atomic mass is 10.2. The van der Waals surface area contributed by atoms with Crippen LogP contribution in [0.3, 0.4) is 0 Å². The van der Waals surface area contributed by atoms with Gasteiger partial charge in [0.05, 0.1) is 10.6 Å². The summed E-state index contributed by atoms with van der Waals surface area (Å²) in [6, 6.07) is 13.4. The van der Waals surface area contributed by atoms with Gasteiger partial charge in [-0.2, -0.15) is 0 Å². The predicted octanol–water partition coefficient (Wildman–Crippen LogP) is 4.99. The van der Waals surface area contributed by atoms with Gasteiger partial charge in [0.15, 0.2) is 4.32 Å². The Kier molecular flexibility index (Phi) is 4.42. The Hall–Kier alpha value is -1.50. The molecule has 1 heterocycles. The Morgan fingerprint density at radius 3 is 2.59 bits per heavy atom. The van der Waals surface area contributed by atoms with E-state index in [1.54, 1.807) is 18.2 Å². The molecule has 0 aromatic heterocycles. The van der Waals surface area contributed by atoms with Gasteiger partial charge in [-0.15, -0.1) is 0 Å². The number of thiocarbonyl (C=S) groups is 1. The van der Waals surface area contributed by atoms with E-state index in [1.165, 1.54) is 28.8 Å². The quantitative estimate of drug-likeness (QED) is 0.529. The van der Waals surface area contributed by atoms with Crippen LogP contribution in [0.4, 0.5) is 10.1 Å². The molecular formula is C16H9BrFNOS2. The number of benzene rings is 2. The van der Waals surface area contributed by atoms with E-state index in [-0.39, 0.29) is 11.7 Å². The number of nitrogens with zero attached hydrogens (tertiary/aromatic N) is 1. The van der Waals surface area contributed by atoms with Crippen LogP contribution in [-0.4, -0.2) is 10.2 Å². The van der Waals surface area contributed by atoms with E-state index >= 15 is 0 Å². The number of carbonyl (C=O) groups excluding carboxylic acids is 1. The summed E-state index contributed by atoms with van der Waals surface area (Å²) in [5.41, 5.74) is 1.48. The van der Waals surface area contributed by atoms with Crippen molar-refractivity contribution in [3.8, 4) is 0 Å². The Morgan fingerprint density at radius 1 is 1.18 bits per heavy atom. The van der Waals surface area contributed by atoms with Crippen LogP contribution in [0, 0.1) is 5.82 Å². The number of hydrogen-bond acceptors (Lipinski definition) is 3. The largest absolute Gasteiger partial charge is 0.270 e. The summed E-state index contributed by atoms with van der Waals surface area (Å²) in [5, 5.41) is 0. The molecule has 0 radical (unpaired) electrons. The number of halogens is 2. The minimum atomic E-state index is -0.307. The molecule has 0 saturated carbocycles. The first-order valence-electron chi connectivity index (χ1n) is 6.34. The van der Waals surface area contributed by atoms with E-state index in [9.17, 15) is 9.18 Å². The lowest BCUT2D eigenvalue weighted by Crippen LogP contribution is -2.27. The van der Waals surface area contributed by atoms with E-state index in [0.717, 1.165) is 15.7 Å². The zero-order valence-corrected chi connectivity index (χ0v) is 14.3. The molecule has 0 unspecified atom stereocenters. The summed E-state index contributed by atoms with van der Waals surface area (Å²) in [7, 11) is 0. The second kappa shape index (κ2) is 6.32. The highest BCUT2D eigenvalue weighted by atomic mass is 79.9. The summed E-state index contributed by atoms with van der Waals surface area (Å²) in [5.74, 6) is -0.476. The average molecular weight is 394 g/mol. The van der Waals surface area contributed by atoms with Gasteiger partial charge >= 0.3 is 0 Å². The fourth-order valence-electron chi connectivity index (χ4n) is 2.02. The van der Waals surface area contributed by atoms with Crippen molar-refractivity contribution < 1.29 is 9.18 Å². The molecule has 6 heteroatoms. The van der Waals surface area contributed by atoms with Crippen LogP contribution >= 0.6 is 39.9 Å². The molecule has 1 fully saturated rings. The van der Waals surface area contributed by atoms with Crippen LogP contribution in [0.1, 0.15) is 5.56 Å². The summed E-state index contributed by atoms with van der Waals surface area (Å²) in [4.78, 5) is 14.6. The smallest absolute Gasteiger partial charge is 0.268 e. The first kappa shape index (κ1) is 15.4. The molecular weight excluding hydrogens is 385 g/mol. The lowest BCUT2D eigenvalue weighted by Gasteiger charge is -2.14. The van der Waals surface area contributed by atoms with Crippen molar-refractivity contribution in [2.24, 2.45) is 0 Å². The lowest BCUT2D eigenvalue weighted by molar-refractivity contribution is -0.113. The van der Waals surface area contributed by atoms with Crippen molar-refractivity contribution in [3.05, 3.63) is 69.3 Å².